The third-order valence-electron chi connectivity index (χ3n) is 5.34. The van der Waals surface area contributed by atoms with E-state index in [4.69, 9.17) is 9.31 Å². The Balaban J connectivity index is 1.60. The van der Waals surface area contributed by atoms with Crippen LogP contribution in [0.25, 0.3) is 10.9 Å². The minimum Gasteiger partial charge on any atom is -0.399 e. The monoisotopic (exact) mass is 352 g/mol. The highest BCUT2D eigenvalue weighted by Gasteiger charge is 2.51. The topological polar surface area (TPSA) is 36.3 Å². The first-order chi connectivity index (χ1) is 12.2. The van der Waals surface area contributed by atoms with Crippen LogP contribution in [0.5, 0.6) is 0 Å². The van der Waals surface area contributed by atoms with Crippen LogP contribution in [-0.4, -0.2) is 28.1 Å². The molecule has 2 aromatic carbocycles. The number of hydrogen-bond acceptors (Lipinski definition) is 3. The zero-order valence-corrected chi connectivity index (χ0v) is 15.5. The number of rotatable bonds is 3. The Hall–Kier alpha value is -2.18. The van der Waals surface area contributed by atoms with E-state index in [1.807, 2.05) is 62.8 Å². The number of hydrogen-bond donors (Lipinski definition) is 0. The van der Waals surface area contributed by atoms with Crippen LogP contribution < -0.4 is 5.46 Å². The van der Waals surface area contributed by atoms with Gasteiger partial charge < -0.3 is 9.31 Å². The van der Waals surface area contributed by atoms with Crippen molar-refractivity contribution in [1.29, 1.82) is 0 Å². The molecule has 0 N–H and O–H groups in total. The fourth-order valence-electron chi connectivity index (χ4n) is 3.11. The average Bonchev–Trinajstić information content (AvgIpc) is 3.03. The maximum Gasteiger partial charge on any atom is 0.494 e. The summed E-state index contributed by atoms with van der Waals surface area (Å²) in [6, 6.07) is 12.6. The smallest absolute Gasteiger partial charge is 0.399 e. The Morgan fingerprint density at radius 3 is 2.46 bits per heavy atom. The summed E-state index contributed by atoms with van der Waals surface area (Å²) in [6.07, 6.45) is 1.97. The number of benzene rings is 2. The van der Waals surface area contributed by atoms with Gasteiger partial charge in [-0.2, -0.15) is 5.10 Å². The summed E-state index contributed by atoms with van der Waals surface area (Å²) in [6.45, 7) is 8.69. The lowest BCUT2D eigenvalue weighted by molar-refractivity contribution is 0.00578. The lowest BCUT2D eigenvalue weighted by Crippen LogP contribution is -2.41. The highest BCUT2D eigenvalue weighted by atomic mass is 19.1. The molecule has 0 amide bonds. The third-order valence-corrected chi connectivity index (χ3v) is 5.34. The van der Waals surface area contributed by atoms with E-state index in [0.29, 0.717) is 6.54 Å². The predicted molar refractivity (Wildman–Crippen MR) is 101 cm³/mol. The highest BCUT2D eigenvalue weighted by Crippen LogP contribution is 2.36. The summed E-state index contributed by atoms with van der Waals surface area (Å²) in [5.41, 5.74) is 1.96. The number of aromatic nitrogens is 2. The first-order valence-corrected chi connectivity index (χ1v) is 8.81. The molecule has 26 heavy (non-hydrogen) atoms. The molecule has 1 aliphatic rings. The van der Waals surface area contributed by atoms with Crippen molar-refractivity contribution in [3.63, 3.8) is 0 Å². The molecule has 4 nitrogen and oxygen atoms in total. The first kappa shape index (κ1) is 17.2. The van der Waals surface area contributed by atoms with Crippen LogP contribution in [0.2, 0.25) is 0 Å². The lowest BCUT2D eigenvalue weighted by atomic mass is 9.79. The van der Waals surface area contributed by atoms with E-state index in [2.05, 4.69) is 5.10 Å². The minimum absolute atomic E-state index is 0.234. The number of fused-ring (bicyclic) bond motifs is 1. The molecule has 1 aromatic heterocycles. The van der Waals surface area contributed by atoms with Gasteiger partial charge in [-0.3, -0.25) is 4.68 Å². The molecule has 0 saturated carbocycles. The molecule has 0 spiro atoms. The molecule has 1 fully saturated rings. The van der Waals surface area contributed by atoms with Crippen molar-refractivity contribution < 1.29 is 13.7 Å². The SMILES string of the molecule is CC1(C)OB(c2ccc3cn(Cc4cccc(F)c4)nc3c2)OC1(C)C. The van der Waals surface area contributed by atoms with Crippen LogP contribution >= 0.6 is 0 Å². The summed E-state index contributed by atoms with van der Waals surface area (Å²) in [5, 5.41) is 5.65. The van der Waals surface area contributed by atoms with Gasteiger partial charge in [-0.1, -0.05) is 24.3 Å². The van der Waals surface area contributed by atoms with Gasteiger partial charge in [-0.25, -0.2) is 4.39 Å². The minimum atomic E-state index is -0.405. The van der Waals surface area contributed by atoms with Gasteiger partial charge in [0.15, 0.2) is 0 Å². The molecule has 0 bridgehead atoms. The van der Waals surface area contributed by atoms with Crippen LogP contribution in [0.3, 0.4) is 0 Å². The second kappa shape index (κ2) is 5.93. The van der Waals surface area contributed by atoms with Crippen LogP contribution in [0, 0.1) is 5.82 Å². The van der Waals surface area contributed by atoms with Gasteiger partial charge in [0.25, 0.3) is 0 Å². The predicted octanol–water partition coefficient (Wildman–Crippen LogP) is 3.52. The van der Waals surface area contributed by atoms with E-state index in [1.54, 1.807) is 6.07 Å². The molecule has 0 aliphatic carbocycles. The van der Waals surface area contributed by atoms with E-state index in [1.165, 1.54) is 12.1 Å². The van der Waals surface area contributed by atoms with Crippen molar-refractivity contribution in [2.24, 2.45) is 0 Å². The highest BCUT2D eigenvalue weighted by molar-refractivity contribution is 6.62. The first-order valence-electron chi connectivity index (χ1n) is 8.81. The Kier molecular flexibility index (Phi) is 3.93. The van der Waals surface area contributed by atoms with Crippen molar-refractivity contribution in [2.45, 2.75) is 45.4 Å². The van der Waals surface area contributed by atoms with E-state index >= 15 is 0 Å². The zero-order valence-electron chi connectivity index (χ0n) is 15.5. The zero-order chi connectivity index (χ0) is 18.5. The van der Waals surface area contributed by atoms with Gasteiger partial charge in [0.2, 0.25) is 0 Å². The third kappa shape index (κ3) is 3.04. The van der Waals surface area contributed by atoms with Gasteiger partial charge >= 0.3 is 7.12 Å². The number of nitrogens with zero attached hydrogens (tertiary/aromatic N) is 2. The molecule has 0 atom stereocenters. The van der Waals surface area contributed by atoms with Gasteiger partial charge in [0.1, 0.15) is 5.82 Å². The number of halogens is 1. The maximum atomic E-state index is 13.4. The molecule has 134 valence electrons. The van der Waals surface area contributed by atoms with Gasteiger partial charge in [0.05, 0.1) is 23.3 Å². The second-order valence-corrected chi connectivity index (χ2v) is 7.86. The summed E-state index contributed by atoms with van der Waals surface area (Å²) in [5.74, 6) is -0.234. The van der Waals surface area contributed by atoms with Crippen molar-refractivity contribution in [1.82, 2.24) is 9.78 Å². The molecule has 4 rings (SSSR count). The van der Waals surface area contributed by atoms with Crippen LogP contribution in [0.1, 0.15) is 33.3 Å². The molecule has 1 aliphatic heterocycles. The molecule has 3 aromatic rings. The summed E-state index contributed by atoms with van der Waals surface area (Å²) < 4.78 is 27.4. The maximum absolute atomic E-state index is 13.4. The fourth-order valence-corrected chi connectivity index (χ4v) is 3.11. The van der Waals surface area contributed by atoms with Crippen LogP contribution in [0.15, 0.2) is 48.7 Å². The molecule has 2 heterocycles. The van der Waals surface area contributed by atoms with Crippen LogP contribution in [-0.2, 0) is 15.9 Å². The summed E-state index contributed by atoms with van der Waals surface area (Å²) >= 11 is 0. The largest absolute Gasteiger partial charge is 0.494 e. The van der Waals surface area contributed by atoms with Gasteiger partial charge in [-0.15, -0.1) is 0 Å². The standard InChI is InChI=1S/C20H22BFN2O2/c1-19(2)20(3,4)26-21(25-19)16-9-8-15-13-24(23-18(15)11-16)12-14-6-5-7-17(22)10-14/h5-11,13H,12H2,1-4H3. The van der Waals surface area contributed by atoms with E-state index < -0.39 is 7.12 Å². The van der Waals surface area contributed by atoms with Crippen LogP contribution in [0.4, 0.5) is 4.39 Å². The van der Waals surface area contributed by atoms with Crippen molar-refractivity contribution in [3.05, 3.63) is 60.0 Å². The molecule has 1 saturated heterocycles. The molecule has 0 radical (unpaired) electrons. The average molecular weight is 352 g/mol. The summed E-state index contributed by atoms with van der Waals surface area (Å²) in [7, 11) is -0.405. The Bertz CT molecular complexity index is 951. The molecular weight excluding hydrogens is 330 g/mol. The van der Waals surface area contributed by atoms with E-state index in [9.17, 15) is 4.39 Å². The lowest BCUT2D eigenvalue weighted by Gasteiger charge is -2.32. The van der Waals surface area contributed by atoms with E-state index in [-0.39, 0.29) is 17.0 Å². The van der Waals surface area contributed by atoms with Crippen molar-refractivity contribution in [2.75, 3.05) is 0 Å². The Morgan fingerprint density at radius 1 is 1.04 bits per heavy atom. The Labute approximate surface area is 153 Å². The quantitative estimate of drug-likeness (QED) is 0.677. The van der Waals surface area contributed by atoms with Gasteiger partial charge in [-0.05, 0) is 56.9 Å². The van der Waals surface area contributed by atoms with Crippen molar-refractivity contribution in [3.8, 4) is 0 Å². The molecular formula is C20H22BFN2O2. The summed E-state index contributed by atoms with van der Waals surface area (Å²) in [4.78, 5) is 0. The van der Waals surface area contributed by atoms with Crippen molar-refractivity contribution >= 4 is 23.5 Å². The van der Waals surface area contributed by atoms with E-state index in [0.717, 1.165) is 21.9 Å². The normalized spacial score (nSPS) is 18.6. The fraction of sp³-hybridized carbons (Fsp3) is 0.350. The Morgan fingerprint density at radius 2 is 1.77 bits per heavy atom. The molecule has 6 heteroatoms. The molecule has 0 unspecified atom stereocenters. The van der Waals surface area contributed by atoms with Gasteiger partial charge in [0, 0.05) is 11.6 Å². The second-order valence-electron chi connectivity index (χ2n) is 7.86.